The summed E-state index contributed by atoms with van der Waals surface area (Å²) in [6.07, 6.45) is 4.92. The van der Waals surface area contributed by atoms with Crippen LogP contribution in [-0.2, 0) is 9.53 Å². The third-order valence-corrected chi connectivity index (χ3v) is 4.30. The summed E-state index contributed by atoms with van der Waals surface area (Å²) in [5, 5.41) is 0. The summed E-state index contributed by atoms with van der Waals surface area (Å²) in [6, 6.07) is 0. The number of amides is 1. The van der Waals surface area contributed by atoms with Gasteiger partial charge in [0.15, 0.2) is 0 Å². The summed E-state index contributed by atoms with van der Waals surface area (Å²) < 4.78 is 6.35. The third-order valence-electron chi connectivity index (χ3n) is 3.74. The number of ether oxygens (including phenoxy) is 1. The van der Waals surface area contributed by atoms with Crippen molar-refractivity contribution in [3.8, 4) is 0 Å². The number of halogens is 1. The standard InChI is InChI=1S/C13H17BrN4O2/c14-10-8-15-9-16-12(10)17-3-5-18(6-4-17)13(19)11-2-1-7-20-11/h8-9,11H,1-7H2. The lowest BCUT2D eigenvalue weighted by Crippen LogP contribution is -2.51. The lowest BCUT2D eigenvalue weighted by molar-refractivity contribution is -0.141. The molecule has 0 saturated carbocycles. The van der Waals surface area contributed by atoms with Gasteiger partial charge in [-0.1, -0.05) is 0 Å². The Bertz CT molecular complexity index is 485. The zero-order valence-corrected chi connectivity index (χ0v) is 12.8. The van der Waals surface area contributed by atoms with Crippen LogP contribution in [0, 0.1) is 0 Å². The van der Waals surface area contributed by atoms with Crippen LogP contribution in [0.15, 0.2) is 17.0 Å². The largest absolute Gasteiger partial charge is 0.368 e. The van der Waals surface area contributed by atoms with Crippen molar-refractivity contribution in [2.24, 2.45) is 0 Å². The van der Waals surface area contributed by atoms with E-state index in [1.54, 1.807) is 12.5 Å². The number of carbonyl (C=O) groups excluding carboxylic acids is 1. The zero-order valence-electron chi connectivity index (χ0n) is 11.2. The predicted molar refractivity (Wildman–Crippen MR) is 77.5 cm³/mol. The first-order valence-electron chi connectivity index (χ1n) is 6.86. The fraction of sp³-hybridized carbons (Fsp3) is 0.615. The molecule has 3 heterocycles. The van der Waals surface area contributed by atoms with Gasteiger partial charge in [0.2, 0.25) is 0 Å². The van der Waals surface area contributed by atoms with Crippen LogP contribution in [0.25, 0.3) is 0 Å². The van der Waals surface area contributed by atoms with Gasteiger partial charge in [0.25, 0.3) is 5.91 Å². The molecule has 108 valence electrons. The van der Waals surface area contributed by atoms with Crippen molar-refractivity contribution in [1.29, 1.82) is 0 Å². The highest BCUT2D eigenvalue weighted by Crippen LogP contribution is 2.23. The molecule has 3 rings (SSSR count). The average molecular weight is 341 g/mol. The van der Waals surface area contributed by atoms with E-state index >= 15 is 0 Å². The molecule has 20 heavy (non-hydrogen) atoms. The Morgan fingerprint density at radius 2 is 2.15 bits per heavy atom. The van der Waals surface area contributed by atoms with Crippen molar-refractivity contribution in [1.82, 2.24) is 14.9 Å². The van der Waals surface area contributed by atoms with Gasteiger partial charge in [0.1, 0.15) is 18.2 Å². The molecule has 0 bridgehead atoms. The molecule has 2 saturated heterocycles. The van der Waals surface area contributed by atoms with E-state index in [0.29, 0.717) is 6.61 Å². The molecule has 0 aliphatic carbocycles. The topological polar surface area (TPSA) is 58.6 Å². The van der Waals surface area contributed by atoms with E-state index in [2.05, 4.69) is 30.8 Å². The van der Waals surface area contributed by atoms with Gasteiger partial charge in [0, 0.05) is 39.0 Å². The minimum absolute atomic E-state index is 0.143. The van der Waals surface area contributed by atoms with Crippen LogP contribution in [0.5, 0.6) is 0 Å². The maximum Gasteiger partial charge on any atom is 0.251 e. The maximum atomic E-state index is 12.3. The van der Waals surface area contributed by atoms with Crippen molar-refractivity contribution in [2.45, 2.75) is 18.9 Å². The number of hydrogen-bond donors (Lipinski definition) is 0. The first kappa shape index (κ1) is 13.8. The highest BCUT2D eigenvalue weighted by molar-refractivity contribution is 9.10. The highest BCUT2D eigenvalue weighted by Gasteiger charge is 2.30. The fourth-order valence-electron chi connectivity index (χ4n) is 2.65. The molecule has 0 aromatic carbocycles. The van der Waals surface area contributed by atoms with Crippen molar-refractivity contribution < 1.29 is 9.53 Å². The van der Waals surface area contributed by atoms with Gasteiger partial charge in [0.05, 0.1) is 4.47 Å². The van der Waals surface area contributed by atoms with E-state index in [4.69, 9.17) is 4.74 Å². The molecule has 1 atom stereocenters. The molecule has 2 aliphatic rings. The van der Waals surface area contributed by atoms with E-state index in [1.165, 1.54) is 0 Å². The Hall–Kier alpha value is -1.21. The molecule has 0 spiro atoms. The molecular formula is C13H17BrN4O2. The van der Waals surface area contributed by atoms with Gasteiger partial charge in [-0.2, -0.15) is 0 Å². The predicted octanol–water partition coefficient (Wildman–Crippen LogP) is 1.07. The third kappa shape index (κ3) is 2.78. The van der Waals surface area contributed by atoms with Crippen LogP contribution >= 0.6 is 15.9 Å². The average Bonchev–Trinajstić information content (AvgIpc) is 3.01. The first-order chi connectivity index (χ1) is 9.75. The van der Waals surface area contributed by atoms with Crippen LogP contribution in [0.1, 0.15) is 12.8 Å². The maximum absolute atomic E-state index is 12.3. The van der Waals surface area contributed by atoms with E-state index in [9.17, 15) is 4.79 Å². The minimum atomic E-state index is -0.215. The van der Waals surface area contributed by atoms with E-state index in [0.717, 1.165) is 49.3 Å². The molecule has 0 N–H and O–H groups in total. The van der Waals surface area contributed by atoms with Gasteiger partial charge in [-0.3, -0.25) is 4.79 Å². The first-order valence-corrected chi connectivity index (χ1v) is 7.66. The van der Waals surface area contributed by atoms with Crippen LogP contribution in [0.2, 0.25) is 0 Å². The van der Waals surface area contributed by atoms with Gasteiger partial charge < -0.3 is 14.5 Å². The zero-order chi connectivity index (χ0) is 13.9. The molecule has 1 amide bonds. The summed E-state index contributed by atoms with van der Waals surface area (Å²) in [5.41, 5.74) is 0. The van der Waals surface area contributed by atoms with E-state index in [1.807, 2.05) is 4.90 Å². The Labute approximate surface area is 126 Å². The number of aromatic nitrogens is 2. The molecule has 6 nitrogen and oxygen atoms in total. The Balaban J connectivity index is 1.59. The second-order valence-electron chi connectivity index (χ2n) is 5.01. The van der Waals surface area contributed by atoms with E-state index < -0.39 is 0 Å². The summed E-state index contributed by atoms with van der Waals surface area (Å²) >= 11 is 3.46. The molecule has 1 aromatic heterocycles. The van der Waals surface area contributed by atoms with Gasteiger partial charge in [-0.05, 0) is 28.8 Å². The molecule has 0 radical (unpaired) electrons. The Morgan fingerprint density at radius 1 is 1.35 bits per heavy atom. The Morgan fingerprint density at radius 3 is 2.80 bits per heavy atom. The van der Waals surface area contributed by atoms with Crippen molar-refractivity contribution in [2.75, 3.05) is 37.7 Å². The summed E-state index contributed by atoms with van der Waals surface area (Å²) in [7, 11) is 0. The van der Waals surface area contributed by atoms with Crippen molar-refractivity contribution >= 4 is 27.7 Å². The Kier molecular flexibility index (Phi) is 4.16. The quantitative estimate of drug-likeness (QED) is 0.805. The minimum Gasteiger partial charge on any atom is -0.368 e. The molecule has 1 aromatic rings. The summed E-state index contributed by atoms with van der Waals surface area (Å²) in [5.74, 6) is 1.04. The van der Waals surface area contributed by atoms with E-state index in [-0.39, 0.29) is 12.0 Å². The normalized spacial score (nSPS) is 23.1. The molecular weight excluding hydrogens is 324 g/mol. The molecule has 2 fully saturated rings. The van der Waals surface area contributed by atoms with Gasteiger partial charge >= 0.3 is 0 Å². The smallest absolute Gasteiger partial charge is 0.251 e. The van der Waals surface area contributed by atoms with Crippen LogP contribution in [0.3, 0.4) is 0 Å². The highest BCUT2D eigenvalue weighted by atomic mass is 79.9. The molecule has 7 heteroatoms. The number of anilines is 1. The van der Waals surface area contributed by atoms with Crippen LogP contribution < -0.4 is 4.90 Å². The second kappa shape index (κ2) is 6.05. The van der Waals surface area contributed by atoms with Crippen molar-refractivity contribution in [3.05, 3.63) is 17.0 Å². The lowest BCUT2D eigenvalue weighted by atomic mass is 10.2. The fourth-order valence-corrected chi connectivity index (χ4v) is 3.12. The van der Waals surface area contributed by atoms with Crippen molar-refractivity contribution in [3.63, 3.8) is 0 Å². The van der Waals surface area contributed by atoms with Crippen LogP contribution in [-0.4, -0.2) is 59.7 Å². The number of nitrogens with zero attached hydrogens (tertiary/aromatic N) is 4. The lowest BCUT2D eigenvalue weighted by Gasteiger charge is -2.36. The molecule has 2 aliphatic heterocycles. The molecule has 1 unspecified atom stereocenters. The van der Waals surface area contributed by atoms with Gasteiger partial charge in [-0.25, -0.2) is 9.97 Å². The summed E-state index contributed by atoms with van der Waals surface area (Å²) in [4.78, 5) is 24.6. The second-order valence-corrected chi connectivity index (χ2v) is 5.86. The number of piperazine rings is 1. The number of hydrogen-bond acceptors (Lipinski definition) is 5. The van der Waals surface area contributed by atoms with Gasteiger partial charge in [-0.15, -0.1) is 0 Å². The number of rotatable bonds is 2. The van der Waals surface area contributed by atoms with Crippen LogP contribution in [0.4, 0.5) is 5.82 Å². The monoisotopic (exact) mass is 340 g/mol. The summed E-state index contributed by atoms with van der Waals surface area (Å²) in [6.45, 7) is 3.72. The number of carbonyl (C=O) groups is 1. The SMILES string of the molecule is O=C(C1CCCO1)N1CCN(c2ncncc2Br)CC1.